The maximum absolute atomic E-state index is 10.2. The van der Waals surface area contributed by atoms with Crippen molar-refractivity contribution in [1.82, 2.24) is 10.6 Å². The molecule has 0 spiro atoms. The van der Waals surface area contributed by atoms with E-state index in [1.807, 2.05) is 6.29 Å². The molecule has 0 saturated carbocycles. The minimum Gasteiger partial charge on any atom is -0.316 e. The van der Waals surface area contributed by atoms with E-state index in [-0.39, 0.29) is 5.92 Å². The van der Waals surface area contributed by atoms with Crippen LogP contribution in [0.4, 0.5) is 0 Å². The molecule has 0 aromatic rings. The van der Waals surface area contributed by atoms with Crippen LogP contribution in [-0.2, 0) is 4.79 Å². The molecule has 0 bridgehead atoms. The van der Waals surface area contributed by atoms with Crippen LogP contribution < -0.4 is 10.6 Å². The van der Waals surface area contributed by atoms with E-state index in [9.17, 15) is 4.79 Å². The Morgan fingerprint density at radius 3 is 2.30 bits per heavy atom. The van der Waals surface area contributed by atoms with Gasteiger partial charge in [-0.3, -0.25) is 4.79 Å². The molecule has 10 heavy (non-hydrogen) atoms. The van der Waals surface area contributed by atoms with E-state index in [2.05, 4.69) is 10.6 Å². The molecule has 1 fully saturated rings. The first-order chi connectivity index (χ1) is 4.93. The van der Waals surface area contributed by atoms with Gasteiger partial charge in [-0.1, -0.05) is 0 Å². The van der Waals surface area contributed by atoms with Gasteiger partial charge >= 0.3 is 0 Å². The van der Waals surface area contributed by atoms with Crippen LogP contribution >= 0.6 is 0 Å². The number of rotatable bonds is 1. The van der Waals surface area contributed by atoms with Crippen LogP contribution in [-0.4, -0.2) is 32.5 Å². The smallest absolute Gasteiger partial charge is 0.204 e. The van der Waals surface area contributed by atoms with Gasteiger partial charge in [0.25, 0.3) is 0 Å². The second kappa shape index (κ2) is 4.41. The quantitative estimate of drug-likeness (QED) is 0.507. The molecule has 1 aliphatic rings. The molecule has 57 valence electrons. The molecule has 1 saturated heterocycles. The van der Waals surface area contributed by atoms with E-state index in [0.717, 1.165) is 32.6 Å². The van der Waals surface area contributed by atoms with Crippen molar-refractivity contribution >= 4 is 6.29 Å². The SMILES string of the molecule is O=[C]C1CNCCCNC1. The Labute approximate surface area is 61.2 Å². The molecule has 2 N–H and O–H groups in total. The highest BCUT2D eigenvalue weighted by Gasteiger charge is 2.08. The van der Waals surface area contributed by atoms with Gasteiger partial charge < -0.3 is 10.6 Å². The zero-order valence-corrected chi connectivity index (χ0v) is 6.02. The average molecular weight is 141 g/mol. The van der Waals surface area contributed by atoms with E-state index in [4.69, 9.17) is 0 Å². The van der Waals surface area contributed by atoms with Crippen molar-refractivity contribution in [2.24, 2.45) is 5.92 Å². The van der Waals surface area contributed by atoms with E-state index in [1.165, 1.54) is 0 Å². The molecule has 0 unspecified atom stereocenters. The Bertz CT molecular complexity index is 97.8. The van der Waals surface area contributed by atoms with Crippen molar-refractivity contribution in [3.05, 3.63) is 0 Å². The number of nitrogens with one attached hydrogen (secondary N) is 2. The Balaban J connectivity index is 2.22. The van der Waals surface area contributed by atoms with Crippen molar-refractivity contribution in [2.75, 3.05) is 26.2 Å². The second-order valence-electron chi connectivity index (χ2n) is 2.58. The number of carbonyl (C=O) groups excluding carboxylic acids is 1. The largest absolute Gasteiger partial charge is 0.316 e. The van der Waals surface area contributed by atoms with Crippen LogP contribution in [0.3, 0.4) is 0 Å². The summed E-state index contributed by atoms with van der Waals surface area (Å²) in [6.07, 6.45) is 3.14. The summed E-state index contributed by atoms with van der Waals surface area (Å²) in [6, 6.07) is 0. The highest BCUT2D eigenvalue weighted by molar-refractivity contribution is 5.55. The molecular formula is C7H13N2O. The molecule has 0 aliphatic carbocycles. The summed E-state index contributed by atoms with van der Waals surface area (Å²) in [7, 11) is 0. The molecule has 0 aromatic heterocycles. The maximum atomic E-state index is 10.2. The first-order valence-corrected chi connectivity index (χ1v) is 3.72. The number of hydrogen-bond donors (Lipinski definition) is 2. The normalized spacial score (nSPS) is 23.2. The summed E-state index contributed by atoms with van der Waals surface area (Å²) in [5.74, 6) is 0.0419. The molecule has 0 amide bonds. The molecule has 1 aliphatic heterocycles. The van der Waals surface area contributed by atoms with Crippen molar-refractivity contribution in [3.63, 3.8) is 0 Å². The van der Waals surface area contributed by atoms with Gasteiger partial charge in [0.15, 0.2) is 0 Å². The maximum Gasteiger partial charge on any atom is 0.204 e. The van der Waals surface area contributed by atoms with Gasteiger partial charge in [-0.05, 0) is 19.5 Å². The van der Waals surface area contributed by atoms with Gasteiger partial charge in [0.05, 0.1) is 5.92 Å². The Morgan fingerprint density at radius 2 is 1.80 bits per heavy atom. The van der Waals surface area contributed by atoms with Crippen molar-refractivity contribution in [3.8, 4) is 0 Å². The van der Waals surface area contributed by atoms with Crippen LogP contribution in [0.15, 0.2) is 0 Å². The first kappa shape index (κ1) is 7.69. The summed E-state index contributed by atoms with van der Waals surface area (Å²) in [5, 5.41) is 6.37. The van der Waals surface area contributed by atoms with Crippen molar-refractivity contribution in [2.45, 2.75) is 6.42 Å². The van der Waals surface area contributed by atoms with Gasteiger partial charge in [-0.15, -0.1) is 0 Å². The minimum atomic E-state index is 0.0419. The van der Waals surface area contributed by atoms with Crippen LogP contribution in [0.2, 0.25) is 0 Å². The lowest BCUT2D eigenvalue weighted by atomic mass is 10.1. The average Bonchev–Trinajstić information content (AvgIpc) is 1.87. The summed E-state index contributed by atoms with van der Waals surface area (Å²) in [6.45, 7) is 3.56. The van der Waals surface area contributed by atoms with Gasteiger partial charge in [-0.25, -0.2) is 0 Å². The monoisotopic (exact) mass is 141 g/mol. The lowest BCUT2D eigenvalue weighted by molar-refractivity contribution is 0.451. The number of hydrogen-bond acceptors (Lipinski definition) is 3. The fourth-order valence-electron chi connectivity index (χ4n) is 1.05. The highest BCUT2D eigenvalue weighted by Crippen LogP contribution is 1.90. The van der Waals surface area contributed by atoms with Gasteiger partial charge in [-0.2, -0.15) is 0 Å². The predicted molar refractivity (Wildman–Crippen MR) is 39.5 cm³/mol. The van der Waals surface area contributed by atoms with Crippen LogP contribution in [0.5, 0.6) is 0 Å². The topological polar surface area (TPSA) is 41.1 Å². The van der Waals surface area contributed by atoms with E-state index in [1.54, 1.807) is 0 Å². The lowest BCUT2D eigenvalue weighted by Crippen LogP contribution is -2.37. The van der Waals surface area contributed by atoms with Crippen LogP contribution in [0, 0.1) is 5.92 Å². The fourth-order valence-corrected chi connectivity index (χ4v) is 1.05. The zero-order chi connectivity index (χ0) is 7.23. The standard InChI is InChI=1S/C7H13N2O/c10-6-7-4-8-2-1-3-9-5-7/h7-9H,1-5H2. The molecular weight excluding hydrogens is 128 g/mol. The third kappa shape index (κ3) is 2.45. The van der Waals surface area contributed by atoms with Crippen molar-refractivity contribution in [1.29, 1.82) is 0 Å². The van der Waals surface area contributed by atoms with Crippen LogP contribution in [0.1, 0.15) is 6.42 Å². The fraction of sp³-hybridized carbons (Fsp3) is 0.857. The minimum absolute atomic E-state index is 0.0419. The van der Waals surface area contributed by atoms with Gasteiger partial charge in [0.2, 0.25) is 6.29 Å². The van der Waals surface area contributed by atoms with E-state index >= 15 is 0 Å². The predicted octanol–water partition coefficient (Wildman–Crippen LogP) is -0.705. The van der Waals surface area contributed by atoms with E-state index < -0.39 is 0 Å². The highest BCUT2D eigenvalue weighted by atomic mass is 16.1. The lowest BCUT2D eigenvalue weighted by Gasteiger charge is -2.15. The first-order valence-electron chi connectivity index (χ1n) is 3.72. The molecule has 1 rings (SSSR count). The van der Waals surface area contributed by atoms with Crippen LogP contribution in [0.25, 0.3) is 0 Å². The Morgan fingerprint density at radius 1 is 1.20 bits per heavy atom. The third-order valence-electron chi connectivity index (χ3n) is 1.66. The summed E-state index contributed by atoms with van der Waals surface area (Å²) < 4.78 is 0. The molecule has 1 radical (unpaired) electrons. The molecule has 0 aromatic carbocycles. The van der Waals surface area contributed by atoms with Gasteiger partial charge in [0.1, 0.15) is 0 Å². The van der Waals surface area contributed by atoms with Gasteiger partial charge in [0, 0.05) is 13.1 Å². The zero-order valence-electron chi connectivity index (χ0n) is 6.02. The molecule has 3 heteroatoms. The molecule has 1 heterocycles. The Kier molecular flexibility index (Phi) is 3.40. The molecule has 0 atom stereocenters. The second-order valence-corrected chi connectivity index (χ2v) is 2.58. The third-order valence-corrected chi connectivity index (χ3v) is 1.66. The summed E-state index contributed by atoms with van der Waals surface area (Å²) in [4.78, 5) is 10.2. The van der Waals surface area contributed by atoms with E-state index in [0.29, 0.717) is 0 Å². The summed E-state index contributed by atoms with van der Waals surface area (Å²) in [5.41, 5.74) is 0. The molecule has 3 nitrogen and oxygen atoms in total. The Hall–Kier alpha value is -0.410. The van der Waals surface area contributed by atoms with Crippen molar-refractivity contribution < 1.29 is 4.79 Å². The summed E-state index contributed by atoms with van der Waals surface area (Å²) >= 11 is 0.